The molecule has 2 aromatic carbocycles. The average Bonchev–Trinajstić information content (AvgIpc) is 2.33. The first-order chi connectivity index (χ1) is 8.09. The molecule has 0 spiro atoms. The summed E-state index contributed by atoms with van der Waals surface area (Å²) in [7, 11) is 0. The van der Waals surface area contributed by atoms with Gasteiger partial charge in [0.25, 0.3) is 0 Å². The van der Waals surface area contributed by atoms with Gasteiger partial charge in [-0.2, -0.15) is 0 Å². The van der Waals surface area contributed by atoms with Crippen LogP contribution in [0.15, 0.2) is 42.5 Å². The molecular weight excluding hydrogens is 206 g/mol. The summed E-state index contributed by atoms with van der Waals surface area (Å²) in [6, 6.07) is 14.7. The minimum absolute atomic E-state index is 0.0319. The van der Waals surface area contributed by atoms with Crippen molar-refractivity contribution in [2.45, 2.75) is 26.8 Å². The van der Waals surface area contributed by atoms with Crippen LogP contribution in [0.25, 0.3) is 0 Å². The predicted octanol–water partition coefficient (Wildman–Crippen LogP) is 3.66. The highest BCUT2D eigenvalue weighted by atomic mass is 14.6. The number of hydrogen-bond acceptors (Lipinski definition) is 1. The Kier molecular flexibility index (Phi) is 3.30. The Hall–Kier alpha value is -1.60. The lowest BCUT2D eigenvalue weighted by atomic mass is 9.93. The number of rotatable bonds is 2. The third-order valence-corrected chi connectivity index (χ3v) is 3.42. The van der Waals surface area contributed by atoms with Crippen LogP contribution in [-0.4, -0.2) is 0 Å². The summed E-state index contributed by atoms with van der Waals surface area (Å²) in [4.78, 5) is 0. The van der Waals surface area contributed by atoms with Crippen molar-refractivity contribution in [1.82, 2.24) is 0 Å². The second kappa shape index (κ2) is 4.72. The van der Waals surface area contributed by atoms with Gasteiger partial charge in [-0.05, 0) is 43.0 Å². The van der Waals surface area contributed by atoms with Gasteiger partial charge in [-0.25, -0.2) is 0 Å². The highest BCUT2D eigenvalue weighted by molar-refractivity contribution is 5.40. The highest BCUT2D eigenvalue weighted by Crippen LogP contribution is 2.24. The SMILES string of the molecule is Cc1ccc(C(N)c2cccc(C)c2C)cc1. The van der Waals surface area contributed by atoms with Gasteiger partial charge in [0, 0.05) is 0 Å². The molecule has 1 atom stereocenters. The van der Waals surface area contributed by atoms with Crippen molar-refractivity contribution in [3.8, 4) is 0 Å². The van der Waals surface area contributed by atoms with E-state index in [2.05, 4.69) is 63.2 Å². The normalized spacial score (nSPS) is 12.5. The molecule has 17 heavy (non-hydrogen) atoms. The molecule has 0 saturated carbocycles. The maximum atomic E-state index is 6.34. The van der Waals surface area contributed by atoms with Gasteiger partial charge in [0.1, 0.15) is 0 Å². The maximum absolute atomic E-state index is 6.34. The minimum Gasteiger partial charge on any atom is -0.320 e. The summed E-state index contributed by atoms with van der Waals surface area (Å²) in [5.41, 5.74) is 12.6. The Morgan fingerprint density at radius 3 is 2.18 bits per heavy atom. The van der Waals surface area contributed by atoms with E-state index in [9.17, 15) is 0 Å². The van der Waals surface area contributed by atoms with E-state index >= 15 is 0 Å². The quantitative estimate of drug-likeness (QED) is 0.829. The number of aryl methyl sites for hydroxylation is 2. The molecule has 1 heteroatoms. The summed E-state index contributed by atoms with van der Waals surface area (Å²) in [5.74, 6) is 0. The molecule has 0 heterocycles. The Bertz CT molecular complexity index is 512. The molecule has 2 rings (SSSR count). The largest absolute Gasteiger partial charge is 0.320 e. The van der Waals surface area contributed by atoms with Gasteiger partial charge >= 0.3 is 0 Å². The van der Waals surface area contributed by atoms with E-state index in [1.165, 1.54) is 27.8 Å². The van der Waals surface area contributed by atoms with E-state index < -0.39 is 0 Å². The molecule has 0 aromatic heterocycles. The van der Waals surface area contributed by atoms with Gasteiger partial charge < -0.3 is 5.73 Å². The van der Waals surface area contributed by atoms with E-state index in [0.29, 0.717) is 0 Å². The van der Waals surface area contributed by atoms with E-state index in [4.69, 9.17) is 5.73 Å². The number of hydrogen-bond donors (Lipinski definition) is 1. The monoisotopic (exact) mass is 225 g/mol. The zero-order chi connectivity index (χ0) is 12.4. The van der Waals surface area contributed by atoms with Crippen molar-refractivity contribution in [3.63, 3.8) is 0 Å². The van der Waals surface area contributed by atoms with Crippen LogP contribution in [0.1, 0.15) is 33.9 Å². The van der Waals surface area contributed by atoms with Gasteiger partial charge in [0.2, 0.25) is 0 Å². The molecule has 2 N–H and O–H groups in total. The second-order valence-electron chi connectivity index (χ2n) is 4.68. The molecule has 1 unspecified atom stereocenters. The Labute approximate surface area is 103 Å². The molecule has 1 nitrogen and oxygen atoms in total. The summed E-state index contributed by atoms with van der Waals surface area (Å²) in [5, 5.41) is 0. The molecule has 0 amide bonds. The lowest BCUT2D eigenvalue weighted by Gasteiger charge is -2.16. The highest BCUT2D eigenvalue weighted by Gasteiger charge is 2.11. The first-order valence-corrected chi connectivity index (χ1v) is 5.98. The van der Waals surface area contributed by atoms with Gasteiger partial charge in [0.15, 0.2) is 0 Å². The van der Waals surface area contributed by atoms with Crippen LogP contribution >= 0.6 is 0 Å². The molecule has 0 aliphatic heterocycles. The van der Waals surface area contributed by atoms with Gasteiger partial charge in [-0.15, -0.1) is 0 Å². The molecule has 0 fully saturated rings. The predicted molar refractivity (Wildman–Crippen MR) is 73.1 cm³/mol. The number of nitrogens with two attached hydrogens (primary N) is 1. The molecule has 0 saturated heterocycles. The fourth-order valence-corrected chi connectivity index (χ4v) is 2.06. The van der Waals surface area contributed by atoms with Gasteiger partial charge in [-0.1, -0.05) is 48.0 Å². The summed E-state index contributed by atoms with van der Waals surface area (Å²) in [6.45, 7) is 6.35. The molecule has 2 aromatic rings. The van der Waals surface area contributed by atoms with Crippen LogP contribution in [0, 0.1) is 20.8 Å². The lowest BCUT2D eigenvalue weighted by Crippen LogP contribution is -2.13. The van der Waals surface area contributed by atoms with Crippen molar-refractivity contribution in [2.24, 2.45) is 5.73 Å². The fourth-order valence-electron chi connectivity index (χ4n) is 2.06. The lowest BCUT2D eigenvalue weighted by molar-refractivity contribution is 0.858. The average molecular weight is 225 g/mol. The summed E-state index contributed by atoms with van der Waals surface area (Å²) < 4.78 is 0. The van der Waals surface area contributed by atoms with E-state index in [1.54, 1.807) is 0 Å². The van der Waals surface area contributed by atoms with Crippen molar-refractivity contribution < 1.29 is 0 Å². The first kappa shape index (κ1) is 11.9. The van der Waals surface area contributed by atoms with Crippen molar-refractivity contribution in [3.05, 3.63) is 70.3 Å². The molecular formula is C16H19N. The van der Waals surface area contributed by atoms with Crippen LogP contribution < -0.4 is 5.73 Å². The molecule has 0 radical (unpaired) electrons. The Balaban J connectivity index is 2.40. The van der Waals surface area contributed by atoms with Gasteiger partial charge in [0.05, 0.1) is 6.04 Å². The second-order valence-corrected chi connectivity index (χ2v) is 4.68. The first-order valence-electron chi connectivity index (χ1n) is 5.98. The summed E-state index contributed by atoms with van der Waals surface area (Å²) >= 11 is 0. The summed E-state index contributed by atoms with van der Waals surface area (Å²) in [6.07, 6.45) is 0. The zero-order valence-corrected chi connectivity index (χ0v) is 10.7. The topological polar surface area (TPSA) is 26.0 Å². The maximum Gasteiger partial charge on any atom is 0.0554 e. The standard InChI is InChI=1S/C16H19N/c1-11-7-9-14(10-8-11)16(17)15-6-4-5-12(2)13(15)3/h4-10,16H,17H2,1-3H3. The Morgan fingerprint density at radius 1 is 0.882 bits per heavy atom. The smallest absolute Gasteiger partial charge is 0.0554 e. The van der Waals surface area contributed by atoms with Crippen molar-refractivity contribution in [2.75, 3.05) is 0 Å². The molecule has 0 aliphatic carbocycles. The van der Waals surface area contributed by atoms with Crippen LogP contribution in [0.2, 0.25) is 0 Å². The number of benzene rings is 2. The molecule has 0 bridgehead atoms. The van der Waals surface area contributed by atoms with E-state index in [1.807, 2.05) is 0 Å². The fraction of sp³-hybridized carbons (Fsp3) is 0.250. The Morgan fingerprint density at radius 2 is 1.53 bits per heavy atom. The van der Waals surface area contributed by atoms with Crippen LogP contribution in [0.5, 0.6) is 0 Å². The van der Waals surface area contributed by atoms with Crippen LogP contribution in [-0.2, 0) is 0 Å². The van der Waals surface area contributed by atoms with E-state index in [0.717, 1.165) is 0 Å². The molecule has 0 aliphatic rings. The van der Waals surface area contributed by atoms with Crippen LogP contribution in [0.3, 0.4) is 0 Å². The third kappa shape index (κ3) is 2.40. The molecule has 88 valence electrons. The third-order valence-electron chi connectivity index (χ3n) is 3.42. The van der Waals surface area contributed by atoms with Crippen molar-refractivity contribution >= 4 is 0 Å². The van der Waals surface area contributed by atoms with Crippen LogP contribution in [0.4, 0.5) is 0 Å². The van der Waals surface area contributed by atoms with Gasteiger partial charge in [-0.3, -0.25) is 0 Å². The minimum atomic E-state index is -0.0319. The van der Waals surface area contributed by atoms with E-state index in [-0.39, 0.29) is 6.04 Å². The zero-order valence-electron chi connectivity index (χ0n) is 10.7. The van der Waals surface area contributed by atoms with Crippen molar-refractivity contribution in [1.29, 1.82) is 0 Å².